The molecule has 0 aliphatic carbocycles. The van der Waals surface area contributed by atoms with Crippen LogP contribution in [0.15, 0.2) is 36.7 Å². The Hall–Kier alpha value is -4.02. The number of alkyl halides is 1. The molecular formula is C18H15FN4O6. The summed E-state index contributed by atoms with van der Waals surface area (Å²) in [5.41, 5.74) is 1.19. The van der Waals surface area contributed by atoms with Gasteiger partial charge in [0.1, 0.15) is 12.1 Å². The van der Waals surface area contributed by atoms with Gasteiger partial charge in [-0.3, -0.25) is 10.1 Å². The molecule has 0 fully saturated rings. The van der Waals surface area contributed by atoms with Crippen molar-refractivity contribution in [1.29, 1.82) is 0 Å². The number of carbonyl (C=O) groups is 1. The average Bonchev–Trinajstić information content (AvgIpc) is 2.69. The lowest BCUT2D eigenvalue weighted by Crippen LogP contribution is -2.11. The van der Waals surface area contributed by atoms with Gasteiger partial charge in [-0.05, 0) is 24.6 Å². The van der Waals surface area contributed by atoms with Gasteiger partial charge in [-0.2, -0.15) is 0 Å². The maximum Gasteiger partial charge on any atom is 0.516 e. The van der Waals surface area contributed by atoms with Crippen molar-refractivity contribution in [3.05, 3.63) is 52.3 Å². The molecule has 1 aromatic heterocycles. The Morgan fingerprint density at radius 2 is 2.03 bits per heavy atom. The number of methoxy groups -OCH3 is 1. The summed E-state index contributed by atoms with van der Waals surface area (Å²) in [5.74, 6) is 0.409. The number of nitrogens with zero attached hydrogens (tertiary/aromatic N) is 3. The molecule has 0 unspecified atom stereocenters. The number of nitrogens with one attached hydrogen (secondary N) is 1. The third-order valence-corrected chi connectivity index (χ3v) is 3.89. The first-order chi connectivity index (χ1) is 13.9. The van der Waals surface area contributed by atoms with Crippen molar-refractivity contribution >= 4 is 34.3 Å². The molecule has 0 amide bonds. The maximum atomic E-state index is 12.2. The third-order valence-electron chi connectivity index (χ3n) is 3.89. The van der Waals surface area contributed by atoms with Crippen LogP contribution in [0.1, 0.15) is 5.56 Å². The molecule has 0 aliphatic rings. The van der Waals surface area contributed by atoms with Gasteiger partial charge in [-0.25, -0.2) is 19.2 Å². The monoisotopic (exact) mass is 402 g/mol. The lowest BCUT2D eigenvalue weighted by atomic mass is 10.1. The minimum absolute atomic E-state index is 0.0345. The zero-order valence-electron chi connectivity index (χ0n) is 15.3. The summed E-state index contributed by atoms with van der Waals surface area (Å²) in [6.45, 7) is 0.462. The van der Waals surface area contributed by atoms with E-state index in [1.807, 2.05) is 0 Å². The van der Waals surface area contributed by atoms with Crippen molar-refractivity contribution in [1.82, 2.24) is 9.97 Å². The van der Waals surface area contributed by atoms with Gasteiger partial charge in [-0.15, -0.1) is 0 Å². The molecule has 29 heavy (non-hydrogen) atoms. The van der Waals surface area contributed by atoms with Crippen LogP contribution in [-0.4, -0.2) is 35.0 Å². The number of rotatable bonds is 6. The minimum atomic E-state index is -1.32. The van der Waals surface area contributed by atoms with E-state index in [-0.39, 0.29) is 23.0 Å². The van der Waals surface area contributed by atoms with Crippen LogP contribution < -0.4 is 14.8 Å². The number of carbonyl (C=O) groups excluding carboxylic acids is 1. The highest BCUT2D eigenvalue weighted by atomic mass is 19.1. The Labute approximate surface area is 163 Å². The van der Waals surface area contributed by atoms with Crippen LogP contribution in [0.25, 0.3) is 10.9 Å². The lowest BCUT2D eigenvalue weighted by Gasteiger charge is -2.13. The number of ether oxygens (including phenoxy) is 3. The number of benzene rings is 2. The topological polar surface area (TPSA) is 126 Å². The highest BCUT2D eigenvalue weighted by Gasteiger charge is 2.19. The number of nitro groups is 1. The van der Waals surface area contributed by atoms with Crippen molar-refractivity contribution in [2.45, 2.75) is 6.92 Å². The Bertz CT molecular complexity index is 1090. The molecule has 1 N–H and O–H groups in total. The molecule has 0 aliphatic heterocycles. The van der Waals surface area contributed by atoms with Gasteiger partial charge in [0.25, 0.3) is 0 Å². The second-order valence-corrected chi connectivity index (χ2v) is 5.75. The summed E-state index contributed by atoms with van der Waals surface area (Å²) in [6.07, 6.45) is 0.0263. The third kappa shape index (κ3) is 4.29. The molecular weight excluding hydrogens is 387 g/mol. The van der Waals surface area contributed by atoms with E-state index in [4.69, 9.17) is 9.47 Å². The van der Waals surface area contributed by atoms with Crippen molar-refractivity contribution in [3.63, 3.8) is 0 Å². The van der Waals surface area contributed by atoms with Gasteiger partial charge in [0.2, 0.25) is 6.86 Å². The molecule has 0 radical (unpaired) electrons. The van der Waals surface area contributed by atoms with Gasteiger partial charge in [0.15, 0.2) is 11.5 Å². The SMILES string of the molecule is COc1cc2c(Nc3ccc(C)cc3OC(=O)OCF)ncnc2cc1[N+](=O)[O-]. The van der Waals surface area contributed by atoms with Gasteiger partial charge >= 0.3 is 11.8 Å². The number of hydrogen-bond acceptors (Lipinski definition) is 9. The van der Waals surface area contributed by atoms with Gasteiger partial charge in [-0.1, -0.05) is 6.07 Å². The quantitative estimate of drug-likeness (QED) is 0.281. The normalized spacial score (nSPS) is 10.4. The fraction of sp³-hybridized carbons (Fsp3) is 0.167. The average molecular weight is 402 g/mol. The molecule has 150 valence electrons. The van der Waals surface area contributed by atoms with E-state index < -0.39 is 17.9 Å². The van der Waals surface area contributed by atoms with Crippen LogP contribution in [0, 0.1) is 17.0 Å². The Kier molecular flexibility index (Phi) is 5.67. The molecule has 0 saturated carbocycles. The van der Waals surface area contributed by atoms with Gasteiger partial charge < -0.3 is 19.5 Å². The number of nitro benzene ring substituents is 1. The molecule has 3 aromatic rings. The largest absolute Gasteiger partial charge is 0.516 e. The predicted molar refractivity (Wildman–Crippen MR) is 100 cm³/mol. The second kappa shape index (κ2) is 8.33. The number of aryl methyl sites for hydroxylation is 1. The number of aromatic nitrogens is 2. The molecule has 3 rings (SSSR count). The molecule has 2 aromatic carbocycles. The first-order valence-corrected chi connectivity index (χ1v) is 8.18. The van der Waals surface area contributed by atoms with Crippen LogP contribution in [0.2, 0.25) is 0 Å². The summed E-state index contributed by atoms with van der Waals surface area (Å²) < 4.78 is 26.5. The van der Waals surface area contributed by atoms with E-state index in [2.05, 4.69) is 20.0 Å². The van der Waals surface area contributed by atoms with Crippen LogP contribution in [-0.2, 0) is 4.74 Å². The first-order valence-electron chi connectivity index (χ1n) is 8.18. The van der Waals surface area contributed by atoms with Crippen molar-refractivity contribution < 1.29 is 28.3 Å². The fourth-order valence-corrected chi connectivity index (χ4v) is 2.59. The highest BCUT2D eigenvalue weighted by Crippen LogP contribution is 2.36. The number of halogens is 1. The molecule has 1 heterocycles. The number of anilines is 2. The smallest absolute Gasteiger partial charge is 0.490 e. The Balaban J connectivity index is 2.04. The predicted octanol–water partition coefficient (Wildman–Crippen LogP) is 4.04. The molecule has 0 atom stereocenters. The molecule has 0 saturated heterocycles. The van der Waals surface area contributed by atoms with Crippen LogP contribution in [0.5, 0.6) is 11.5 Å². The molecule has 10 nitrogen and oxygen atoms in total. The van der Waals surface area contributed by atoms with Crippen molar-refractivity contribution in [3.8, 4) is 11.5 Å². The van der Waals surface area contributed by atoms with Crippen LogP contribution >= 0.6 is 0 Å². The van der Waals surface area contributed by atoms with Gasteiger partial charge in [0.05, 0.1) is 23.2 Å². The highest BCUT2D eigenvalue weighted by molar-refractivity contribution is 5.94. The lowest BCUT2D eigenvalue weighted by molar-refractivity contribution is -0.385. The molecule has 0 spiro atoms. The Morgan fingerprint density at radius 3 is 2.72 bits per heavy atom. The number of fused-ring (bicyclic) bond motifs is 1. The summed E-state index contributed by atoms with van der Waals surface area (Å²) in [4.78, 5) is 30.4. The second-order valence-electron chi connectivity index (χ2n) is 5.75. The fourth-order valence-electron chi connectivity index (χ4n) is 2.59. The number of hydrogen-bond donors (Lipinski definition) is 1. The summed E-state index contributed by atoms with van der Waals surface area (Å²) >= 11 is 0. The first kappa shape index (κ1) is 19.7. The van der Waals surface area contributed by atoms with Crippen molar-refractivity contribution in [2.24, 2.45) is 0 Å². The van der Waals surface area contributed by atoms with E-state index >= 15 is 0 Å². The summed E-state index contributed by atoms with van der Waals surface area (Å²) in [7, 11) is 1.31. The van der Waals surface area contributed by atoms with E-state index in [0.717, 1.165) is 5.56 Å². The van der Waals surface area contributed by atoms with Gasteiger partial charge in [0, 0.05) is 17.5 Å². The zero-order valence-corrected chi connectivity index (χ0v) is 15.3. The molecule has 11 heteroatoms. The van der Waals surface area contributed by atoms with Crippen LogP contribution in [0.4, 0.5) is 26.4 Å². The van der Waals surface area contributed by atoms with E-state index in [1.54, 1.807) is 25.1 Å². The maximum absolute atomic E-state index is 12.2. The summed E-state index contributed by atoms with van der Waals surface area (Å²) in [5, 5.41) is 14.6. The van der Waals surface area contributed by atoms with Crippen LogP contribution in [0.3, 0.4) is 0 Å². The standard InChI is InChI=1S/C18H15FN4O6/c1-10-3-4-12(15(5-10)29-18(24)28-8-19)22-17-11-6-16(27-2)14(23(25)26)7-13(11)20-9-21-17/h3-7,9H,8H2,1-2H3,(H,20,21,22). The van der Waals surface area contributed by atoms with Crippen molar-refractivity contribution in [2.75, 3.05) is 19.3 Å². The van der Waals surface area contributed by atoms with E-state index in [9.17, 15) is 19.3 Å². The minimum Gasteiger partial charge on any atom is -0.490 e. The van der Waals surface area contributed by atoms with E-state index in [1.165, 1.54) is 25.6 Å². The molecule has 0 bridgehead atoms. The Morgan fingerprint density at radius 1 is 1.24 bits per heavy atom. The summed E-state index contributed by atoms with van der Waals surface area (Å²) in [6, 6.07) is 7.64. The zero-order chi connectivity index (χ0) is 21.0. The van der Waals surface area contributed by atoms with E-state index in [0.29, 0.717) is 16.6 Å².